The largest absolute Gasteiger partial charge is 0.490 e. The van der Waals surface area contributed by atoms with Crippen molar-refractivity contribution < 1.29 is 19.0 Å². The maximum absolute atomic E-state index is 13.3. The predicted molar refractivity (Wildman–Crippen MR) is 111 cm³/mol. The molecule has 3 rings (SSSR count). The maximum Gasteiger partial charge on any atom is 0.254 e. The van der Waals surface area contributed by atoms with Crippen LogP contribution in [0.5, 0.6) is 11.5 Å². The number of ether oxygens (including phenoxy) is 3. The molecule has 30 heavy (non-hydrogen) atoms. The van der Waals surface area contributed by atoms with Gasteiger partial charge in [-0.3, -0.25) is 9.78 Å². The van der Waals surface area contributed by atoms with E-state index in [-0.39, 0.29) is 11.9 Å². The third kappa shape index (κ3) is 5.71. The molecule has 0 saturated carbocycles. The maximum atomic E-state index is 13.3. The topological polar surface area (TPSA) is 84.7 Å². The van der Waals surface area contributed by atoms with Crippen LogP contribution in [0.3, 0.4) is 0 Å². The molecule has 0 atom stereocenters. The molecule has 1 aliphatic heterocycles. The number of nitrogens with zero attached hydrogens (tertiary/aromatic N) is 3. The smallest absolute Gasteiger partial charge is 0.254 e. The highest BCUT2D eigenvalue weighted by molar-refractivity contribution is 5.95. The number of nitriles is 1. The summed E-state index contributed by atoms with van der Waals surface area (Å²) in [7, 11) is 0. The van der Waals surface area contributed by atoms with Crippen LogP contribution in [0, 0.1) is 11.3 Å². The Balaban J connectivity index is 1.78. The number of pyridine rings is 1. The molecule has 0 N–H and O–H groups in total. The van der Waals surface area contributed by atoms with Crippen LogP contribution in [0.25, 0.3) is 0 Å². The number of hydrogen-bond donors (Lipinski definition) is 0. The van der Waals surface area contributed by atoms with E-state index >= 15 is 0 Å². The van der Waals surface area contributed by atoms with Gasteiger partial charge in [0.1, 0.15) is 6.61 Å². The van der Waals surface area contributed by atoms with Gasteiger partial charge in [0.2, 0.25) is 0 Å². The summed E-state index contributed by atoms with van der Waals surface area (Å²) in [6, 6.07) is 11.3. The first-order chi connectivity index (χ1) is 14.7. The van der Waals surface area contributed by atoms with Crippen molar-refractivity contribution in [2.75, 3.05) is 26.4 Å². The lowest BCUT2D eigenvalue weighted by atomic mass is 10.0. The van der Waals surface area contributed by atoms with Gasteiger partial charge >= 0.3 is 0 Å². The third-order valence-electron chi connectivity index (χ3n) is 4.96. The van der Waals surface area contributed by atoms with Crippen LogP contribution in [0.1, 0.15) is 42.1 Å². The average molecular weight is 409 g/mol. The second-order valence-electron chi connectivity index (χ2n) is 6.99. The van der Waals surface area contributed by atoms with E-state index in [2.05, 4.69) is 11.1 Å². The van der Waals surface area contributed by atoms with Gasteiger partial charge in [-0.05, 0) is 44.0 Å². The first-order valence-electron chi connectivity index (χ1n) is 10.3. The van der Waals surface area contributed by atoms with Crippen LogP contribution in [0.15, 0.2) is 42.7 Å². The molecule has 0 unspecified atom stereocenters. The van der Waals surface area contributed by atoms with Gasteiger partial charge in [-0.2, -0.15) is 5.26 Å². The van der Waals surface area contributed by atoms with Gasteiger partial charge in [-0.15, -0.1) is 0 Å². The molecule has 1 saturated heterocycles. The van der Waals surface area contributed by atoms with E-state index in [0.717, 1.165) is 18.4 Å². The van der Waals surface area contributed by atoms with Gasteiger partial charge in [0.25, 0.3) is 5.91 Å². The van der Waals surface area contributed by atoms with Crippen molar-refractivity contribution in [2.45, 2.75) is 38.8 Å². The number of amides is 1. The zero-order valence-electron chi connectivity index (χ0n) is 17.3. The van der Waals surface area contributed by atoms with Crippen molar-refractivity contribution in [1.82, 2.24) is 9.88 Å². The molecule has 1 aliphatic rings. The SMILES string of the molecule is CCOc1cc(C(=O)N(CCC#N)C2CCOCC2)ccc1OCc1cccnc1. The molecule has 158 valence electrons. The molecule has 7 nitrogen and oxygen atoms in total. The van der Waals surface area contributed by atoms with Gasteiger partial charge in [0, 0.05) is 49.3 Å². The molecule has 0 radical (unpaired) electrons. The summed E-state index contributed by atoms with van der Waals surface area (Å²) in [6.45, 7) is 4.37. The minimum absolute atomic E-state index is 0.0802. The van der Waals surface area contributed by atoms with Gasteiger partial charge in [0.05, 0.1) is 19.1 Å². The van der Waals surface area contributed by atoms with Crippen LogP contribution in [-0.4, -0.2) is 48.2 Å². The normalized spacial score (nSPS) is 14.0. The van der Waals surface area contributed by atoms with E-state index in [1.807, 2.05) is 19.1 Å². The predicted octanol–water partition coefficient (Wildman–Crippen LogP) is 3.59. The Labute approximate surface area is 177 Å². The molecule has 0 bridgehead atoms. The lowest BCUT2D eigenvalue weighted by molar-refractivity contribution is 0.0296. The second-order valence-corrected chi connectivity index (χ2v) is 6.99. The minimum Gasteiger partial charge on any atom is -0.490 e. The molecule has 1 aromatic carbocycles. The van der Waals surface area contributed by atoms with Crippen molar-refractivity contribution in [3.05, 3.63) is 53.9 Å². The molecule has 1 fully saturated rings. The summed E-state index contributed by atoms with van der Waals surface area (Å²) in [5, 5.41) is 9.02. The van der Waals surface area contributed by atoms with Crippen molar-refractivity contribution >= 4 is 5.91 Å². The van der Waals surface area contributed by atoms with Crippen molar-refractivity contribution in [3.8, 4) is 17.6 Å². The highest BCUT2D eigenvalue weighted by atomic mass is 16.5. The fourth-order valence-electron chi connectivity index (χ4n) is 3.46. The van der Waals surface area contributed by atoms with Gasteiger partial charge in [-0.25, -0.2) is 0 Å². The van der Waals surface area contributed by atoms with Crippen molar-refractivity contribution in [1.29, 1.82) is 5.26 Å². The van der Waals surface area contributed by atoms with Crippen LogP contribution in [0.2, 0.25) is 0 Å². The van der Waals surface area contributed by atoms with Crippen LogP contribution >= 0.6 is 0 Å². The summed E-state index contributed by atoms with van der Waals surface area (Å²) >= 11 is 0. The van der Waals surface area contributed by atoms with Gasteiger partial charge < -0.3 is 19.1 Å². The number of aromatic nitrogens is 1. The van der Waals surface area contributed by atoms with E-state index in [1.54, 1.807) is 35.5 Å². The molecule has 1 amide bonds. The summed E-state index contributed by atoms with van der Waals surface area (Å²) in [5.41, 5.74) is 1.47. The lowest BCUT2D eigenvalue weighted by Gasteiger charge is -2.34. The number of benzene rings is 1. The Bertz CT molecular complexity index is 860. The third-order valence-corrected chi connectivity index (χ3v) is 4.96. The zero-order valence-corrected chi connectivity index (χ0v) is 17.3. The Kier molecular flexibility index (Phi) is 8.04. The fourth-order valence-corrected chi connectivity index (χ4v) is 3.46. The Morgan fingerprint density at radius 3 is 2.80 bits per heavy atom. The number of hydrogen-bond acceptors (Lipinski definition) is 6. The molecular weight excluding hydrogens is 382 g/mol. The highest BCUT2D eigenvalue weighted by Crippen LogP contribution is 2.30. The van der Waals surface area contributed by atoms with E-state index in [9.17, 15) is 4.79 Å². The van der Waals surface area contributed by atoms with Crippen molar-refractivity contribution in [2.24, 2.45) is 0 Å². The van der Waals surface area contributed by atoms with E-state index in [0.29, 0.717) is 56.5 Å². The molecule has 7 heteroatoms. The Morgan fingerprint density at radius 1 is 1.27 bits per heavy atom. The monoisotopic (exact) mass is 409 g/mol. The first kappa shape index (κ1) is 21.6. The van der Waals surface area contributed by atoms with Crippen LogP contribution in [0.4, 0.5) is 0 Å². The molecule has 2 aromatic rings. The second kappa shape index (κ2) is 11.2. The molecule has 1 aromatic heterocycles. The highest BCUT2D eigenvalue weighted by Gasteiger charge is 2.27. The van der Waals surface area contributed by atoms with E-state index in [4.69, 9.17) is 19.5 Å². The number of carbonyl (C=O) groups is 1. The minimum atomic E-state index is -0.100. The van der Waals surface area contributed by atoms with Gasteiger partial charge in [-0.1, -0.05) is 6.07 Å². The van der Waals surface area contributed by atoms with E-state index < -0.39 is 0 Å². The number of rotatable bonds is 9. The fraction of sp³-hybridized carbons (Fsp3) is 0.435. The standard InChI is InChI=1S/C23H27N3O4/c1-2-29-22-15-19(6-7-21(22)30-17-18-5-3-11-25-16-18)23(27)26(12-4-10-24)20-8-13-28-14-9-20/h3,5-7,11,15-16,20H,2,4,8-9,12-14,17H2,1H3. The van der Waals surface area contributed by atoms with Gasteiger partial charge in [0.15, 0.2) is 11.5 Å². The van der Waals surface area contributed by atoms with Crippen LogP contribution in [-0.2, 0) is 11.3 Å². The number of carbonyl (C=O) groups excluding carboxylic acids is 1. The lowest BCUT2D eigenvalue weighted by Crippen LogP contribution is -2.44. The molecular formula is C23H27N3O4. The summed E-state index contributed by atoms with van der Waals surface area (Å²) in [5.74, 6) is 1.00. The summed E-state index contributed by atoms with van der Waals surface area (Å²) < 4.78 is 17.1. The van der Waals surface area contributed by atoms with Crippen molar-refractivity contribution in [3.63, 3.8) is 0 Å². The first-order valence-corrected chi connectivity index (χ1v) is 10.3. The molecule has 0 aliphatic carbocycles. The summed E-state index contributed by atoms with van der Waals surface area (Å²) in [4.78, 5) is 19.2. The zero-order chi connectivity index (χ0) is 21.2. The Morgan fingerprint density at radius 2 is 2.10 bits per heavy atom. The van der Waals surface area contributed by atoms with Crippen LogP contribution < -0.4 is 9.47 Å². The Hall–Kier alpha value is -3.11. The van der Waals surface area contributed by atoms with E-state index in [1.165, 1.54) is 0 Å². The molecule has 2 heterocycles. The average Bonchev–Trinajstić information content (AvgIpc) is 2.80. The quantitative estimate of drug-likeness (QED) is 0.629. The summed E-state index contributed by atoms with van der Waals surface area (Å²) in [6.07, 6.45) is 5.32. The molecule has 0 spiro atoms.